The molecule has 0 saturated carbocycles. The van der Waals surface area contributed by atoms with Crippen LogP contribution < -0.4 is 4.74 Å². The van der Waals surface area contributed by atoms with Gasteiger partial charge in [0.1, 0.15) is 17.5 Å². The van der Waals surface area contributed by atoms with Crippen LogP contribution in [0.5, 0.6) is 5.75 Å². The number of hydrogen-bond acceptors (Lipinski definition) is 6. The number of ether oxygens (including phenoxy) is 1. The number of hydrogen-bond donors (Lipinski definition) is 1. The zero-order valence-corrected chi connectivity index (χ0v) is 19.3. The molecule has 4 aromatic rings. The molecule has 0 aliphatic rings. The largest absolute Gasteiger partial charge is 0.486 e. The first-order chi connectivity index (χ1) is 14.7. The van der Waals surface area contributed by atoms with Gasteiger partial charge in [0.25, 0.3) is 0 Å². The third-order valence-corrected chi connectivity index (χ3v) is 5.71. The van der Waals surface area contributed by atoms with Crippen molar-refractivity contribution in [3.05, 3.63) is 64.5 Å². The van der Waals surface area contributed by atoms with E-state index in [9.17, 15) is 4.21 Å². The van der Waals surface area contributed by atoms with Gasteiger partial charge in [-0.3, -0.25) is 10.1 Å². The Morgan fingerprint density at radius 2 is 1.84 bits per heavy atom. The molecule has 0 saturated heterocycles. The van der Waals surface area contributed by atoms with Crippen LogP contribution in [0.2, 0.25) is 10.0 Å². The Balaban J connectivity index is 1.66. The van der Waals surface area contributed by atoms with Gasteiger partial charge in [-0.25, -0.2) is 9.19 Å². The minimum absolute atomic E-state index is 0.378. The molecule has 160 valence electrons. The second-order valence-corrected chi connectivity index (χ2v) is 10.6. The zero-order valence-electron chi connectivity index (χ0n) is 17.0. The van der Waals surface area contributed by atoms with Crippen LogP contribution in [-0.2, 0) is 9.73 Å². The van der Waals surface area contributed by atoms with Crippen molar-refractivity contribution < 1.29 is 8.95 Å². The number of pyridine rings is 2. The van der Waals surface area contributed by atoms with Crippen molar-refractivity contribution in [1.82, 2.24) is 20.2 Å². The molecular weight excluding hydrogens is 457 g/mol. The molecule has 1 aromatic carbocycles. The highest BCUT2D eigenvalue weighted by atomic mass is 35.5. The van der Waals surface area contributed by atoms with Crippen LogP contribution >= 0.6 is 23.2 Å². The highest BCUT2D eigenvalue weighted by Gasteiger charge is 2.17. The van der Waals surface area contributed by atoms with Crippen LogP contribution in [0.1, 0.15) is 18.6 Å². The summed E-state index contributed by atoms with van der Waals surface area (Å²) in [5, 5.41) is 9.21. The molecule has 0 radical (unpaired) electrons. The number of fused-ring (bicyclic) bond motifs is 1. The van der Waals surface area contributed by atoms with Crippen LogP contribution in [0.4, 0.5) is 5.82 Å². The lowest BCUT2D eigenvalue weighted by molar-refractivity contribution is 0.227. The van der Waals surface area contributed by atoms with Crippen molar-refractivity contribution >= 4 is 49.7 Å². The van der Waals surface area contributed by atoms with Crippen molar-refractivity contribution in [2.24, 2.45) is 4.36 Å². The third kappa shape index (κ3) is 4.81. The summed E-state index contributed by atoms with van der Waals surface area (Å²) in [6.07, 6.45) is 7.50. The van der Waals surface area contributed by atoms with E-state index in [0.29, 0.717) is 27.2 Å². The van der Waals surface area contributed by atoms with Gasteiger partial charge in [-0.15, -0.1) is 0 Å². The Bertz CT molecular complexity index is 1350. The first kappa shape index (κ1) is 21.5. The van der Waals surface area contributed by atoms with E-state index in [-0.39, 0.29) is 6.10 Å². The van der Waals surface area contributed by atoms with E-state index in [1.165, 1.54) is 0 Å². The lowest BCUT2D eigenvalue weighted by Crippen LogP contribution is -2.05. The molecule has 0 amide bonds. The van der Waals surface area contributed by atoms with E-state index < -0.39 is 9.73 Å². The second kappa shape index (κ2) is 8.45. The molecule has 4 rings (SSSR count). The van der Waals surface area contributed by atoms with Gasteiger partial charge < -0.3 is 4.74 Å². The molecule has 0 unspecified atom stereocenters. The maximum atomic E-state index is 11.9. The molecule has 1 atom stereocenters. The normalized spacial score (nSPS) is 12.7. The zero-order chi connectivity index (χ0) is 22.2. The minimum Gasteiger partial charge on any atom is -0.486 e. The molecule has 0 aliphatic heterocycles. The van der Waals surface area contributed by atoms with Crippen molar-refractivity contribution in [2.45, 2.75) is 13.0 Å². The quantitative estimate of drug-likeness (QED) is 0.392. The molecule has 1 N–H and O–H groups in total. The molecule has 0 bridgehead atoms. The van der Waals surface area contributed by atoms with E-state index in [4.69, 9.17) is 27.9 Å². The smallest absolute Gasteiger partial charge is 0.161 e. The van der Waals surface area contributed by atoms with Gasteiger partial charge in [0.2, 0.25) is 0 Å². The van der Waals surface area contributed by atoms with Gasteiger partial charge in [0.05, 0.1) is 15.6 Å². The number of rotatable bonds is 5. The average Bonchev–Trinajstić information content (AvgIpc) is 3.10. The monoisotopic (exact) mass is 475 g/mol. The highest BCUT2D eigenvalue weighted by molar-refractivity contribution is 7.92. The van der Waals surface area contributed by atoms with Crippen LogP contribution in [0.3, 0.4) is 0 Å². The van der Waals surface area contributed by atoms with Crippen molar-refractivity contribution in [3.63, 3.8) is 0 Å². The van der Waals surface area contributed by atoms with Gasteiger partial charge in [-0.2, -0.15) is 9.46 Å². The molecular formula is C21H19Cl2N5O2S. The van der Waals surface area contributed by atoms with E-state index >= 15 is 0 Å². The van der Waals surface area contributed by atoms with Crippen molar-refractivity contribution in [1.29, 1.82) is 0 Å². The molecule has 0 aliphatic carbocycles. The summed E-state index contributed by atoms with van der Waals surface area (Å²) in [4.78, 5) is 8.27. The molecule has 10 heteroatoms. The fraction of sp³-hybridized carbons (Fsp3) is 0.190. The fourth-order valence-electron chi connectivity index (χ4n) is 3.16. The molecule has 3 heterocycles. The van der Waals surface area contributed by atoms with Gasteiger partial charge in [0.15, 0.2) is 5.82 Å². The maximum absolute atomic E-state index is 11.9. The Labute approximate surface area is 190 Å². The predicted octanol–water partition coefficient (Wildman–Crippen LogP) is 5.83. The van der Waals surface area contributed by atoms with Crippen LogP contribution in [0, 0.1) is 0 Å². The van der Waals surface area contributed by atoms with Gasteiger partial charge in [0, 0.05) is 57.3 Å². The number of halogens is 2. The fourth-order valence-corrected chi connectivity index (χ4v) is 4.40. The number of aromatic nitrogens is 4. The van der Waals surface area contributed by atoms with E-state index in [2.05, 4.69) is 24.5 Å². The summed E-state index contributed by atoms with van der Waals surface area (Å²) >= 11 is 12.5. The van der Waals surface area contributed by atoms with E-state index in [0.717, 1.165) is 22.2 Å². The van der Waals surface area contributed by atoms with Crippen molar-refractivity contribution in [2.75, 3.05) is 12.5 Å². The number of nitrogens with zero attached hydrogens (tertiary/aromatic N) is 4. The standard InChI is InChI=1S/C21H19Cl2N5O2S/c1-12(20-16(22)10-24-11-17(20)23)30-14-5-6-18-15(8-14)21(27-26-18)13-4-7-19(25-9-13)28-31(2,3)29/h4-12H,1-3H3,(H,26,27)/t12-/m1/s1. The van der Waals surface area contributed by atoms with Gasteiger partial charge in [-0.1, -0.05) is 23.2 Å². The Kier molecular flexibility index (Phi) is 5.88. The number of aromatic amines is 1. The van der Waals surface area contributed by atoms with Gasteiger partial charge in [-0.05, 0) is 37.3 Å². The lowest BCUT2D eigenvalue weighted by Gasteiger charge is -2.17. The van der Waals surface area contributed by atoms with E-state index in [1.807, 2.05) is 31.2 Å². The first-order valence-corrected chi connectivity index (χ1v) is 12.4. The molecule has 3 aromatic heterocycles. The Morgan fingerprint density at radius 3 is 2.48 bits per heavy atom. The topological polar surface area (TPSA) is 93.1 Å². The second-order valence-electron chi connectivity index (χ2n) is 7.23. The SMILES string of the molecule is C[C@@H](Oc1ccc2[nH]nc(-c3ccc(N=S(C)(C)=O)nc3)c2c1)c1c(Cl)cncc1Cl. The number of benzene rings is 1. The van der Waals surface area contributed by atoms with Gasteiger partial charge >= 0.3 is 0 Å². The predicted molar refractivity (Wildman–Crippen MR) is 125 cm³/mol. The average molecular weight is 476 g/mol. The van der Waals surface area contributed by atoms with Crippen LogP contribution in [0.25, 0.3) is 22.2 Å². The summed E-state index contributed by atoms with van der Waals surface area (Å²) < 4.78 is 22.1. The highest BCUT2D eigenvalue weighted by Crippen LogP contribution is 2.34. The molecule has 31 heavy (non-hydrogen) atoms. The molecule has 0 fully saturated rings. The van der Waals surface area contributed by atoms with Crippen LogP contribution in [0.15, 0.2) is 53.3 Å². The minimum atomic E-state index is -2.27. The maximum Gasteiger partial charge on any atom is 0.161 e. The van der Waals surface area contributed by atoms with E-state index in [1.54, 1.807) is 37.2 Å². The van der Waals surface area contributed by atoms with Crippen molar-refractivity contribution in [3.8, 4) is 17.0 Å². The summed E-state index contributed by atoms with van der Waals surface area (Å²) in [6.45, 7) is 1.87. The van der Waals surface area contributed by atoms with Crippen LogP contribution in [-0.4, -0.2) is 36.9 Å². The lowest BCUT2D eigenvalue weighted by atomic mass is 10.1. The Hall–Kier alpha value is -2.68. The summed E-state index contributed by atoms with van der Waals surface area (Å²) in [6, 6.07) is 9.21. The number of nitrogens with one attached hydrogen (secondary N) is 1. The summed E-state index contributed by atoms with van der Waals surface area (Å²) in [5.74, 6) is 1.06. The third-order valence-electron chi connectivity index (χ3n) is 4.48. The molecule has 0 spiro atoms. The summed E-state index contributed by atoms with van der Waals surface area (Å²) in [5.41, 5.74) is 3.06. The first-order valence-electron chi connectivity index (χ1n) is 9.28. The molecule has 7 nitrogen and oxygen atoms in total. The Morgan fingerprint density at radius 1 is 1.10 bits per heavy atom. The summed E-state index contributed by atoms with van der Waals surface area (Å²) in [7, 11) is -2.27. The number of H-pyrrole nitrogens is 1.